The largest absolute Gasteiger partial charge is 0.490 e. The Morgan fingerprint density at radius 1 is 1.21 bits per heavy atom. The van der Waals surface area contributed by atoms with Crippen LogP contribution in [-0.2, 0) is 0 Å². The van der Waals surface area contributed by atoms with Crippen molar-refractivity contribution < 1.29 is 13.9 Å². The van der Waals surface area contributed by atoms with E-state index in [9.17, 15) is 9.18 Å². The number of hydrogen-bond acceptors (Lipinski definition) is 3. The molecule has 28 heavy (non-hydrogen) atoms. The molecule has 0 aliphatic heterocycles. The first-order chi connectivity index (χ1) is 13.6. The standard InChI is InChI=1S/C23H21FN2O2/c1-3-4-5-6-14-28-21-9-7-8-20(22(21)24)26-23(27)18-12-13-19-17(15-18)11-10-16(2)25-19/h7-13,15H,5-6,14H2,1-2H3,(H,26,27). The second-order valence-corrected chi connectivity index (χ2v) is 6.31. The number of benzene rings is 2. The van der Waals surface area contributed by atoms with E-state index in [1.165, 1.54) is 6.07 Å². The highest BCUT2D eigenvalue weighted by Gasteiger charge is 2.13. The summed E-state index contributed by atoms with van der Waals surface area (Å²) in [7, 11) is 0. The monoisotopic (exact) mass is 376 g/mol. The molecule has 0 bridgehead atoms. The van der Waals surface area contributed by atoms with Crippen LogP contribution in [0, 0.1) is 24.6 Å². The van der Waals surface area contributed by atoms with Gasteiger partial charge in [0, 0.05) is 23.1 Å². The molecule has 1 aromatic heterocycles. The van der Waals surface area contributed by atoms with Crippen molar-refractivity contribution in [3.8, 4) is 17.6 Å². The molecule has 0 radical (unpaired) electrons. The number of amides is 1. The summed E-state index contributed by atoms with van der Waals surface area (Å²) in [4.78, 5) is 17.0. The third kappa shape index (κ3) is 4.66. The molecule has 1 N–H and O–H groups in total. The van der Waals surface area contributed by atoms with Crippen molar-refractivity contribution in [2.24, 2.45) is 0 Å². The fourth-order valence-corrected chi connectivity index (χ4v) is 2.75. The molecular weight excluding hydrogens is 355 g/mol. The summed E-state index contributed by atoms with van der Waals surface area (Å²) in [5.74, 6) is 4.87. The number of fused-ring (bicyclic) bond motifs is 1. The highest BCUT2D eigenvalue weighted by atomic mass is 19.1. The van der Waals surface area contributed by atoms with Gasteiger partial charge in [-0.25, -0.2) is 4.39 Å². The number of hydrogen-bond donors (Lipinski definition) is 1. The van der Waals surface area contributed by atoms with Gasteiger partial charge in [-0.15, -0.1) is 11.8 Å². The van der Waals surface area contributed by atoms with Crippen molar-refractivity contribution in [3.05, 3.63) is 65.6 Å². The van der Waals surface area contributed by atoms with Gasteiger partial charge in [0.15, 0.2) is 11.6 Å². The maximum Gasteiger partial charge on any atom is 0.255 e. The summed E-state index contributed by atoms with van der Waals surface area (Å²) in [5, 5.41) is 3.47. The fourth-order valence-electron chi connectivity index (χ4n) is 2.75. The first-order valence-electron chi connectivity index (χ1n) is 9.08. The molecule has 3 aromatic rings. The van der Waals surface area contributed by atoms with Gasteiger partial charge in [-0.05, 0) is 56.7 Å². The topological polar surface area (TPSA) is 51.2 Å². The molecule has 0 spiro atoms. The normalized spacial score (nSPS) is 10.2. The van der Waals surface area contributed by atoms with Gasteiger partial charge in [0.1, 0.15) is 0 Å². The molecule has 0 saturated carbocycles. The highest BCUT2D eigenvalue weighted by molar-refractivity contribution is 6.06. The van der Waals surface area contributed by atoms with E-state index in [1.54, 1.807) is 37.3 Å². The van der Waals surface area contributed by atoms with Crippen LogP contribution in [0.1, 0.15) is 35.8 Å². The predicted molar refractivity (Wildman–Crippen MR) is 109 cm³/mol. The number of rotatable bonds is 6. The summed E-state index contributed by atoms with van der Waals surface area (Å²) in [6, 6.07) is 13.7. The van der Waals surface area contributed by atoms with Crippen LogP contribution in [-0.4, -0.2) is 17.5 Å². The van der Waals surface area contributed by atoms with Crippen LogP contribution in [0.4, 0.5) is 10.1 Å². The maximum absolute atomic E-state index is 14.6. The lowest BCUT2D eigenvalue weighted by atomic mass is 10.1. The number of aryl methyl sites for hydroxylation is 1. The third-order valence-electron chi connectivity index (χ3n) is 4.18. The minimum absolute atomic E-state index is 0.0815. The van der Waals surface area contributed by atoms with E-state index in [2.05, 4.69) is 22.1 Å². The Hall–Kier alpha value is -3.39. The Morgan fingerprint density at radius 3 is 2.89 bits per heavy atom. The zero-order valence-corrected chi connectivity index (χ0v) is 15.9. The van der Waals surface area contributed by atoms with Crippen LogP contribution < -0.4 is 10.1 Å². The zero-order valence-electron chi connectivity index (χ0n) is 15.9. The molecule has 0 aliphatic rings. The Morgan fingerprint density at radius 2 is 2.07 bits per heavy atom. The van der Waals surface area contributed by atoms with Crippen LogP contribution in [0.5, 0.6) is 5.75 Å². The Labute approximate surface area is 163 Å². The number of carbonyl (C=O) groups is 1. The lowest BCUT2D eigenvalue weighted by Gasteiger charge is -2.11. The molecule has 4 nitrogen and oxygen atoms in total. The molecule has 142 valence electrons. The van der Waals surface area contributed by atoms with Gasteiger partial charge >= 0.3 is 0 Å². The van der Waals surface area contributed by atoms with Gasteiger partial charge in [0.25, 0.3) is 5.91 Å². The third-order valence-corrected chi connectivity index (χ3v) is 4.18. The fraction of sp³-hybridized carbons (Fsp3) is 0.217. The lowest BCUT2D eigenvalue weighted by Crippen LogP contribution is -2.13. The second kappa shape index (κ2) is 9.01. The second-order valence-electron chi connectivity index (χ2n) is 6.31. The van der Waals surface area contributed by atoms with Gasteiger partial charge in [-0.1, -0.05) is 12.1 Å². The predicted octanol–water partition coefficient (Wildman–Crippen LogP) is 5.12. The van der Waals surface area contributed by atoms with Crippen molar-refractivity contribution in [3.63, 3.8) is 0 Å². The Kier molecular flexibility index (Phi) is 6.23. The first kappa shape index (κ1) is 19.4. The SMILES string of the molecule is CC#CCCCOc1cccc(NC(=O)c2ccc3nc(C)ccc3c2)c1F. The van der Waals surface area contributed by atoms with E-state index >= 15 is 0 Å². The smallest absolute Gasteiger partial charge is 0.255 e. The van der Waals surface area contributed by atoms with Crippen molar-refractivity contribution in [1.82, 2.24) is 4.98 Å². The van der Waals surface area contributed by atoms with Crippen molar-refractivity contribution in [2.45, 2.75) is 26.7 Å². The van der Waals surface area contributed by atoms with E-state index in [0.29, 0.717) is 25.0 Å². The molecule has 0 fully saturated rings. The number of nitrogens with one attached hydrogen (secondary N) is 1. The number of ether oxygens (including phenoxy) is 1. The molecule has 0 unspecified atom stereocenters. The van der Waals surface area contributed by atoms with Gasteiger partial charge in [0.2, 0.25) is 0 Å². The van der Waals surface area contributed by atoms with Crippen molar-refractivity contribution >= 4 is 22.5 Å². The van der Waals surface area contributed by atoms with E-state index in [4.69, 9.17) is 4.74 Å². The lowest BCUT2D eigenvalue weighted by molar-refractivity contribution is 0.102. The first-order valence-corrected chi connectivity index (χ1v) is 9.08. The maximum atomic E-state index is 14.6. The summed E-state index contributed by atoms with van der Waals surface area (Å²) in [5.41, 5.74) is 2.23. The van der Waals surface area contributed by atoms with Crippen LogP contribution in [0.25, 0.3) is 10.9 Å². The average molecular weight is 376 g/mol. The molecule has 1 amide bonds. The Balaban J connectivity index is 1.72. The molecule has 1 heterocycles. The molecule has 0 aliphatic carbocycles. The molecular formula is C23H21FN2O2. The van der Waals surface area contributed by atoms with Gasteiger partial charge in [-0.2, -0.15) is 0 Å². The summed E-state index contributed by atoms with van der Waals surface area (Å²) < 4.78 is 20.1. The van der Waals surface area contributed by atoms with Crippen molar-refractivity contribution in [1.29, 1.82) is 0 Å². The number of nitrogens with zero attached hydrogens (tertiary/aromatic N) is 1. The molecule has 5 heteroatoms. The number of halogens is 1. The van der Waals surface area contributed by atoms with Crippen LogP contribution in [0.15, 0.2) is 48.5 Å². The van der Waals surface area contributed by atoms with E-state index in [1.807, 2.05) is 19.1 Å². The van der Waals surface area contributed by atoms with Crippen LogP contribution in [0.2, 0.25) is 0 Å². The number of unbranched alkanes of at least 4 members (excludes halogenated alkanes) is 1. The average Bonchev–Trinajstić information content (AvgIpc) is 2.70. The van der Waals surface area contributed by atoms with Crippen molar-refractivity contribution in [2.75, 3.05) is 11.9 Å². The summed E-state index contributed by atoms with van der Waals surface area (Å²) >= 11 is 0. The summed E-state index contributed by atoms with van der Waals surface area (Å²) in [6.45, 7) is 4.05. The number of carbonyl (C=O) groups excluding carboxylic acids is 1. The van der Waals surface area contributed by atoms with E-state index < -0.39 is 11.7 Å². The van der Waals surface area contributed by atoms with Gasteiger partial charge < -0.3 is 10.1 Å². The minimum atomic E-state index is -0.587. The van der Waals surface area contributed by atoms with Crippen LogP contribution >= 0.6 is 0 Å². The summed E-state index contributed by atoms with van der Waals surface area (Å²) in [6.07, 6.45) is 1.41. The Bertz CT molecular complexity index is 1070. The molecule has 2 aromatic carbocycles. The highest BCUT2D eigenvalue weighted by Crippen LogP contribution is 2.25. The number of pyridine rings is 1. The van der Waals surface area contributed by atoms with E-state index in [-0.39, 0.29) is 11.4 Å². The molecule has 0 atom stereocenters. The van der Waals surface area contributed by atoms with Gasteiger partial charge in [-0.3, -0.25) is 9.78 Å². The quantitative estimate of drug-likeness (QED) is 0.480. The molecule has 3 rings (SSSR count). The molecule has 0 saturated heterocycles. The van der Waals surface area contributed by atoms with Gasteiger partial charge in [0.05, 0.1) is 17.8 Å². The van der Waals surface area contributed by atoms with E-state index in [0.717, 1.165) is 16.6 Å². The minimum Gasteiger partial charge on any atom is -0.490 e. The van der Waals surface area contributed by atoms with Crippen LogP contribution in [0.3, 0.4) is 0 Å². The number of anilines is 1. The zero-order chi connectivity index (χ0) is 19.9. The number of aromatic nitrogens is 1.